The lowest BCUT2D eigenvalue weighted by Gasteiger charge is -2.26. The summed E-state index contributed by atoms with van der Waals surface area (Å²) in [5, 5.41) is 11.3. The van der Waals surface area contributed by atoms with Crippen molar-refractivity contribution in [2.45, 2.75) is 52.5 Å². The Morgan fingerprint density at radius 3 is 2.76 bits per heavy atom. The maximum absolute atomic E-state index is 13.3. The third-order valence-corrected chi connectivity index (χ3v) is 6.61. The number of carbonyl (C=O) groups is 2. The Morgan fingerprint density at radius 1 is 1.27 bits per heavy atom. The number of aromatic nitrogens is 2. The van der Waals surface area contributed by atoms with E-state index in [1.807, 2.05) is 43.0 Å². The van der Waals surface area contributed by atoms with Crippen molar-refractivity contribution < 1.29 is 19.4 Å². The number of carbonyl (C=O) groups excluding carboxylic acids is 2. The van der Waals surface area contributed by atoms with Crippen molar-refractivity contribution in [2.75, 3.05) is 6.54 Å². The van der Waals surface area contributed by atoms with Crippen LogP contribution in [0.1, 0.15) is 49.1 Å². The Hall–Kier alpha value is -3.52. The van der Waals surface area contributed by atoms with E-state index in [2.05, 4.69) is 0 Å². The average molecular weight is 447 g/mol. The van der Waals surface area contributed by atoms with Gasteiger partial charge < -0.3 is 19.3 Å². The van der Waals surface area contributed by atoms with Crippen molar-refractivity contribution in [3.05, 3.63) is 62.9 Å². The topological polar surface area (TPSA) is 102 Å². The summed E-state index contributed by atoms with van der Waals surface area (Å²) in [4.78, 5) is 43.9. The number of aliphatic hydroxyl groups is 1. The molecule has 2 aromatic heterocycles. The predicted octanol–water partition coefficient (Wildman–Crippen LogP) is 2.31. The minimum atomic E-state index is -1.48. The highest BCUT2D eigenvalue weighted by Crippen LogP contribution is 2.38. The lowest BCUT2D eigenvalue weighted by Crippen LogP contribution is -2.36. The molecule has 8 heteroatoms. The van der Waals surface area contributed by atoms with Gasteiger partial charge in [0.25, 0.3) is 5.56 Å². The Bertz CT molecular complexity index is 1370. The normalized spacial score (nSPS) is 16.4. The van der Waals surface area contributed by atoms with Gasteiger partial charge in [0, 0.05) is 36.0 Å². The van der Waals surface area contributed by atoms with E-state index in [1.54, 1.807) is 17.6 Å². The first-order valence-electron chi connectivity index (χ1n) is 11.1. The quantitative estimate of drug-likeness (QED) is 0.482. The van der Waals surface area contributed by atoms with E-state index in [-0.39, 0.29) is 29.7 Å². The van der Waals surface area contributed by atoms with E-state index in [1.165, 1.54) is 0 Å². The maximum Gasteiger partial charge on any atom is 0.340 e. The Labute approximate surface area is 190 Å². The lowest BCUT2D eigenvalue weighted by atomic mass is 9.96. The molecule has 4 heterocycles. The fourth-order valence-electron chi connectivity index (χ4n) is 4.96. The number of aliphatic hydroxyl groups excluding tert-OH is 1. The van der Waals surface area contributed by atoms with E-state index < -0.39 is 12.1 Å². The third kappa shape index (κ3) is 3.33. The first-order valence-corrected chi connectivity index (χ1v) is 11.1. The highest BCUT2D eigenvalue weighted by molar-refractivity contribution is 5.88. The summed E-state index contributed by atoms with van der Waals surface area (Å²) in [6.45, 7) is 6.30. The van der Waals surface area contributed by atoms with Crippen molar-refractivity contribution in [3.8, 4) is 11.4 Å². The molecule has 1 amide bonds. The van der Waals surface area contributed by atoms with Crippen LogP contribution in [0.25, 0.3) is 22.3 Å². The molecule has 0 saturated carbocycles. The molecule has 8 nitrogen and oxygen atoms in total. The van der Waals surface area contributed by atoms with E-state index in [4.69, 9.17) is 9.72 Å². The fraction of sp³-hybridized carbons (Fsp3) is 0.360. The van der Waals surface area contributed by atoms with Gasteiger partial charge in [0.1, 0.15) is 6.61 Å². The number of nitrogens with zero attached hydrogens (tertiary/aromatic N) is 3. The van der Waals surface area contributed by atoms with Gasteiger partial charge in [-0.05, 0) is 38.0 Å². The highest BCUT2D eigenvalue weighted by atomic mass is 16.5. The summed E-state index contributed by atoms with van der Waals surface area (Å²) in [5.41, 5.74) is 4.34. The molecule has 1 atom stereocenters. The standard InChI is InChI=1S/C25H25N3O5/c1-13(2)27(14(3)29)9-8-15-16-6-4-5-7-20(16)26-22-18(15)11-28-21(22)10-17-19(24(28)31)12-33-25(32)23(17)30/h4-7,10,13,23,30H,8-9,11-12H2,1-3H3/t23-/m0/s1. The van der Waals surface area contributed by atoms with E-state index in [9.17, 15) is 19.5 Å². The Balaban J connectivity index is 1.67. The number of hydrogen-bond acceptors (Lipinski definition) is 6. The zero-order chi connectivity index (χ0) is 23.4. The van der Waals surface area contributed by atoms with Crippen LogP contribution in [0.5, 0.6) is 0 Å². The fourth-order valence-corrected chi connectivity index (χ4v) is 4.96. The van der Waals surface area contributed by atoms with Gasteiger partial charge in [0.15, 0.2) is 6.10 Å². The number of hydrogen-bond donors (Lipinski definition) is 1. The van der Waals surface area contributed by atoms with Crippen LogP contribution in [0.4, 0.5) is 0 Å². The van der Waals surface area contributed by atoms with Gasteiger partial charge in [-0.1, -0.05) is 18.2 Å². The van der Waals surface area contributed by atoms with Crippen LogP contribution in [-0.2, 0) is 33.9 Å². The number of fused-ring (bicyclic) bond motifs is 5. The molecule has 3 aromatic rings. The molecule has 0 unspecified atom stereocenters. The van der Waals surface area contributed by atoms with Crippen molar-refractivity contribution >= 4 is 22.8 Å². The third-order valence-electron chi connectivity index (χ3n) is 6.61. The number of pyridine rings is 2. The van der Waals surface area contributed by atoms with Gasteiger partial charge >= 0.3 is 5.97 Å². The zero-order valence-corrected chi connectivity index (χ0v) is 18.8. The number of para-hydroxylation sites is 1. The largest absolute Gasteiger partial charge is 0.458 e. The van der Waals surface area contributed by atoms with Gasteiger partial charge in [0.2, 0.25) is 5.91 Å². The van der Waals surface area contributed by atoms with Gasteiger partial charge in [-0.2, -0.15) is 0 Å². The van der Waals surface area contributed by atoms with Crippen LogP contribution in [0.2, 0.25) is 0 Å². The van der Waals surface area contributed by atoms with E-state index >= 15 is 0 Å². The van der Waals surface area contributed by atoms with E-state index in [0.717, 1.165) is 22.0 Å². The predicted molar refractivity (Wildman–Crippen MR) is 122 cm³/mol. The molecular weight excluding hydrogens is 422 g/mol. The molecule has 0 fully saturated rings. The highest BCUT2D eigenvalue weighted by Gasteiger charge is 2.34. The van der Waals surface area contributed by atoms with Crippen molar-refractivity contribution in [1.82, 2.24) is 14.5 Å². The molecule has 170 valence electrons. The molecule has 0 spiro atoms. The SMILES string of the molecule is CC(=O)N(CCc1c2c(nc3ccccc13)-c1cc3c(c(=O)n1C2)COC(=O)[C@H]3O)C(C)C. The number of benzene rings is 1. The molecule has 0 aliphatic carbocycles. The summed E-state index contributed by atoms with van der Waals surface area (Å²) < 4.78 is 6.61. The summed E-state index contributed by atoms with van der Waals surface area (Å²) >= 11 is 0. The van der Waals surface area contributed by atoms with Gasteiger partial charge in [0.05, 0.1) is 29.0 Å². The number of ether oxygens (including phenoxy) is 1. The second kappa shape index (κ2) is 7.81. The second-order valence-electron chi connectivity index (χ2n) is 8.86. The average Bonchev–Trinajstić information content (AvgIpc) is 3.14. The number of esters is 1. The van der Waals surface area contributed by atoms with Crippen LogP contribution < -0.4 is 5.56 Å². The molecule has 1 N–H and O–H groups in total. The molecule has 5 rings (SSSR count). The molecule has 2 aliphatic heterocycles. The summed E-state index contributed by atoms with van der Waals surface area (Å²) in [5.74, 6) is -0.735. The molecule has 0 bridgehead atoms. The molecule has 0 radical (unpaired) electrons. The van der Waals surface area contributed by atoms with Gasteiger partial charge in [-0.25, -0.2) is 9.78 Å². The Kier molecular flexibility index (Phi) is 5.05. The first-order chi connectivity index (χ1) is 15.8. The van der Waals surface area contributed by atoms with Crippen LogP contribution in [0.15, 0.2) is 35.1 Å². The zero-order valence-electron chi connectivity index (χ0n) is 18.8. The van der Waals surface area contributed by atoms with Crippen molar-refractivity contribution in [3.63, 3.8) is 0 Å². The minimum Gasteiger partial charge on any atom is -0.458 e. The molecule has 0 saturated heterocycles. The number of amides is 1. The Morgan fingerprint density at radius 2 is 2.03 bits per heavy atom. The maximum atomic E-state index is 13.3. The molecule has 2 aliphatic rings. The van der Waals surface area contributed by atoms with Gasteiger partial charge in [-0.15, -0.1) is 0 Å². The smallest absolute Gasteiger partial charge is 0.340 e. The summed E-state index contributed by atoms with van der Waals surface area (Å²) in [6, 6.07) is 9.57. The van der Waals surface area contributed by atoms with Crippen LogP contribution in [-0.4, -0.2) is 44.0 Å². The molecular formula is C25H25N3O5. The lowest BCUT2D eigenvalue weighted by molar-refractivity contribution is -0.157. The summed E-state index contributed by atoms with van der Waals surface area (Å²) in [6.07, 6.45) is -0.859. The molecule has 1 aromatic carbocycles. The van der Waals surface area contributed by atoms with Crippen LogP contribution in [0.3, 0.4) is 0 Å². The number of rotatable bonds is 4. The monoisotopic (exact) mass is 447 g/mol. The first kappa shape index (κ1) is 21.3. The number of cyclic esters (lactones) is 1. The minimum absolute atomic E-state index is 0.0193. The van der Waals surface area contributed by atoms with Crippen LogP contribution in [0, 0.1) is 0 Å². The van der Waals surface area contributed by atoms with Gasteiger partial charge in [-0.3, -0.25) is 9.59 Å². The van der Waals surface area contributed by atoms with Crippen molar-refractivity contribution in [2.24, 2.45) is 0 Å². The van der Waals surface area contributed by atoms with Crippen LogP contribution >= 0.6 is 0 Å². The van der Waals surface area contributed by atoms with E-state index in [0.29, 0.717) is 36.5 Å². The second-order valence-corrected chi connectivity index (χ2v) is 8.86. The van der Waals surface area contributed by atoms with Crippen molar-refractivity contribution in [1.29, 1.82) is 0 Å². The summed E-state index contributed by atoms with van der Waals surface area (Å²) in [7, 11) is 0. The molecule has 33 heavy (non-hydrogen) atoms.